The van der Waals surface area contributed by atoms with Crippen LogP contribution in [0.15, 0.2) is 97.5 Å². The second-order valence-electron chi connectivity index (χ2n) is 19.4. The second-order valence-corrected chi connectivity index (χ2v) is 19.4. The van der Waals surface area contributed by atoms with Gasteiger partial charge >= 0.3 is 12.2 Å². The number of imidazole rings is 2. The standard InChI is InChI=1S/C54H59N11O7/c1-29(2)46(61-53(68)70-5)50(66)63-20-8-12-41(63)48-57-27-38(59-48)32-15-18-40-36(23-32)24-43-37-17-14-33(25-44(37)72-52(65(40)43)34-11-7-10-31(22-34)35-16-19-45(55)56-26-35)39-28-58-49(60-39)42-13-9-21-64(42)51(67)47(30(3)4)62-54(69)71-6/h7,10-11,14-19,22-30,41-42,46-47,52H,8-9,12-13,20-21H2,1-6H3,(H2,55,56)(H,57,59)(H,58,60)(H,61,68)(H,62,69)/t41-,42-,46-,47-,52?/m0/s1. The van der Waals surface area contributed by atoms with Gasteiger partial charge in [0.2, 0.25) is 18.0 Å². The van der Waals surface area contributed by atoms with E-state index in [1.165, 1.54) is 14.2 Å². The SMILES string of the molecule is COC(=O)N[C@H](C(=O)N1CCC[C@H]1c1ncc(-c2ccc3c(c2)OC(c2cccc(-c4ccc(N)nc4)c2)n2c-3cc3cc(-c4cnc([C@@H]5CCCN5C(=O)[C@@H](NC(=O)OC)C(C)C)[nH]4)ccc32)[nH]1)C(C)C. The second kappa shape index (κ2) is 19.6. The lowest BCUT2D eigenvalue weighted by atomic mass is 10.0. The largest absolute Gasteiger partial charge is 0.465 e. The summed E-state index contributed by atoms with van der Waals surface area (Å²) in [5.74, 6) is 1.86. The maximum absolute atomic E-state index is 13.9. The molecule has 10 rings (SSSR count). The quantitative estimate of drug-likeness (QED) is 0.0778. The maximum Gasteiger partial charge on any atom is 0.407 e. The number of hydrogen-bond donors (Lipinski definition) is 5. The van der Waals surface area contributed by atoms with E-state index in [0.717, 1.165) is 87.0 Å². The number of likely N-dealkylation sites (tertiary alicyclic amines) is 2. The number of methoxy groups -OCH3 is 2. The molecule has 0 saturated carbocycles. The molecule has 18 heteroatoms. The summed E-state index contributed by atoms with van der Waals surface area (Å²) in [7, 11) is 2.58. The van der Waals surface area contributed by atoms with E-state index < -0.39 is 30.5 Å². The predicted molar refractivity (Wildman–Crippen MR) is 271 cm³/mol. The molecule has 18 nitrogen and oxygen atoms in total. The molecule has 3 aliphatic heterocycles. The number of amides is 4. The molecule has 7 heterocycles. The topological polar surface area (TPSA) is 228 Å². The van der Waals surface area contributed by atoms with Crippen molar-refractivity contribution in [3.63, 3.8) is 0 Å². The summed E-state index contributed by atoms with van der Waals surface area (Å²) in [6, 6.07) is 24.6. The number of aromatic amines is 2. The molecule has 1 unspecified atom stereocenters. The van der Waals surface area contributed by atoms with Crippen LogP contribution in [0.2, 0.25) is 0 Å². The van der Waals surface area contributed by atoms with Crippen LogP contribution in [0, 0.1) is 11.8 Å². The van der Waals surface area contributed by atoms with Crippen LogP contribution in [0.1, 0.15) is 88.9 Å². The van der Waals surface area contributed by atoms with Crippen molar-refractivity contribution in [1.29, 1.82) is 0 Å². The Bertz CT molecular complexity index is 3180. The van der Waals surface area contributed by atoms with Crippen LogP contribution >= 0.6 is 0 Å². The van der Waals surface area contributed by atoms with Crippen molar-refractivity contribution in [3.8, 4) is 50.6 Å². The summed E-state index contributed by atoms with van der Waals surface area (Å²) in [5.41, 5.74) is 15.0. The van der Waals surface area contributed by atoms with E-state index in [1.54, 1.807) is 23.4 Å². The number of anilines is 1. The minimum Gasteiger partial charge on any atom is -0.465 e. The van der Waals surface area contributed by atoms with Crippen molar-refractivity contribution in [3.05, 3.63) is 115 Å². The van der Waals surface area contributed by atoms with Crippen molar-refractivity contribution in [2.75, 3.05) is 33.0 Å². The number of fused-ring (bicyclic) bond motifs is 5. The minimum absolute atomic E-state index is 0.143. The normalized spacial score (nSPS) is 18.1. The third-order valence-corrected chi connectivity index (χ3v) is 14.2. The Balaban J connectivity index is 0.982. The molecule has 72 heavy (non-hydrogen) atoms. The Morgan fingerprint density at radius 3 is 1.83 bits per heavy atom. The number of H-pyrrole nitrogens is 2. The molecule has 4 aromatic heterocycles. The van der Waals surface area contributed by atoms with E-state index in [1.807, 2.05) is 69.1 Å². The first-order valence-electron chi connectivity index (χ1n) is 24.5. The summed E-state index contributed by atoms with van der Waals surface area (Å²) in [5, 5.41) is 6.44. The number of nitrogens with two attached hydrogens (primary N) is 1. The Labute approximate surface area is 416 Å². The number of carbonyl (C=O) groups excluding carboxylic acids is 4. The molecule has 0 radical (unpaired) electrons. The number of rotatable bonds is 12. The van der Waals surface area contributed by atoms with Crippen molar-refractivity contribution < 1.29 is 33.4 Å². The van der Waals surface area contributed by atoms with E-state index in [-0.39, 0.29) is 35.7 Å². The lowest BCUT2D eigenvalue weighted by Gasteiger charge is -2.31. The fourth-order valence-electron chi connectivity index (χ4n) is 10.4. The van der Waals surface area contributed by atoms with E-state index >= 15 is 0 Å². The first kappa shape index (κ1) is 47.5. The molecule has 2 saturated heterocycles. The third-order valence-electron chi connectivity index (χ3n) is 14.2. The van der Waals surface area contributed by atoms with E-state index in [4.69, 9.17) is 29.9 Å². The van der Waals surface area contributed by atoms with E-state index in [0.29, 0.717) is 36.3 Å². The highest BCUT2D eigenvalue weighted by atomic mass is 16.5. The van der Waals surface area contributed by atoms with Crippen molar-refractivity contribution in [2.24, 2.45) is 11.8 Å². The zero-order valence-electron chi connectivity index (χ0n) is 41.1. The Kier molecular flexibility index (Phi) is 12.9. The number of pyridine rings is 1. The number of carbonyl (C=O) groups is 4. The average molecular weight is 974 g/mol. The number of nitrogen functional groups attached to an aromatic ring is 1. The van der Waals surface area contributed by atoms with Gasteiger partial charge in [0.05, 0.1) is 61.3 Å². The molecular weight excluding hydrogens is 915 g/mol. The Hall–Kier alpha value is -8.15. The molecule has 6 N–H and O–H groups in total. The van der Waals surface area contributed by atoms with Gasteiger partial charge in [-0.05, 0) is 91.6 Å². The van der Waals surface area contributed by atoms with Gasteiger partial charge in [-0.2, -0.15) is 0 Å². The molecule has 0 bridgehead atoms. The van der Waals surface area contributed by atoms with Crippen LogP contribution in [-0.2, 0) is 19.1 Å². The predicted octanol–water partition coefficient (Wildman–Crippen LogP) is 8.76. The van der Waals surface area contributed by atoms with Crippen molar-refractivity contribution in [1.82, 2.24) is 49.9 Å². The van der Waals surface area contributed by atoms with Crippen LogP contribution < -0.4 is 21.1 Å². The third kappa shape index (κ3) is 8.96. The number of nitrogens with one attached hydrogen (secondary N) is 4. The number of ether oxygens (including phenoxy) is 3. The van der Waals surface area contributed by atoms with Crippen LogP contribution in [0.4, 0.5) is 15.4 Å². The van der Waals surface area contributed by atoms with Crippen LogP contribution in [0.25, 0.3) is 55.8 Å². The van der Waals surface area contributed by atoms with Gasteiger partial charge in [0.1, 0.15) is 35.3 Å². The number of alkyl carbamates (subject to hydrolysis) is 2. The fourth-order valence-corrected chi connectivity index (χ4v) is 10.4. The zero-order chi connectivity index (χ0) is 50.4. The van der Waals surface area contributed by atoms with Gasteiger partial charge in [0.15, 0.2) is 0 Å². The maximum atomic E-state index is 13.9. The number of hydrogen-bond acceptors (Lipinski definition) is 11. The lowest BCUT2D eigenvalue weighted by Crippen LogP contribution is -2.51. The molecule has 372 valence electrons. The number of aromatic nitrogens is 6. The Morgan fingerprint density at radius 2 is 1.26 bits per heavy atom. The molecule has 5 atom stereocenters. The first-order chi connectivity index (χ1) is 34.8. The summed E-state index contributed by atoms with van der Waals surface area (Å²) < 4.78 is 19.0. The summed E-state index contributed by atoms with van der Waals surface area (Å²) >= 11 is 0. The first-order valence-corrected chi connectivity index (χ1v) is 24.5. The number of benzene rings is 3. The monoisotopic (exact) mass is 973 g/mol. The molecule has 3 aromatic carbocycles. The fraction of sp³-hybridized carbons (Fsp3) is 0.352. The van der Waals surface area contributed by atoms with Gasteiger partial charge < -0.3 is 54.9 Å². The smallest absolute Gasteiger partial charge is 0.407 e. The van der Waals surface area contributed by atoms with E-state index in [9.17, 15) is 19.2 Å². The van der Waals surface area contributed by atoms with Gasteiger partial charge in [-0.1, -0.05) is 58.0 Å². The van der Waals surface area contributed by atoms with Gasteiger partial charge in [0, 0.05) is 52.5 Å². The van der Waals surface area contributed by atoms with Crippen molar-refractivity contribution >= 4 is 40.7 Å². The molecule has 0 aliphatic carbocycles. The molecule has 0 spiro atoms. The van der Waals surface area contributed by atoms with Gasteiger partial charge in [-0.3, -0.25) is 9.59 Å². The number of nitrogens with zero attached hydrogens (tertiary/aromatic N) is 6. The lowest BCUT2D eigenvalue weighted by molar-refractivity contribution is -0.136. The van der Waals surface area contributed by atoms with Gasteiger partial charge in [0.25, 0.3) is 0 Å². The molecule has 7 aromatic rings. The minimum atomic E-state index is -0.739. The van der Waals surface area contributed by atoms with Gasteiger partial charge in [-0.25, -0.2) is 24.5 Å². The molecule has 4 amide bonds. The highest BCUT2D eigenvalue weighted by molar-refractivity contribution is 5.93. The summed E-state index contributed by atoms with van der Waals surface area (Å²) in [6.07, 6.45) is 6.60. The highest BCUT2D eigenvalue weighted by Gasteiger charge is 2.39. The van der Waals surface area contributed by atoms with Crippen LogP contribution in [-0.4, -0.2) is 103 Å². The average Bonchev–Trinajstić information content (AvgIpc) is 4.26. The molecule has 2 fully saturated rings. The van der Waals surface area contributed by atoms with Gasteiger partial charge in [-0.15, -0.1) is 0 Å². The summed E-state index contributed by atoms with van der Waals surface area (Å²) in [4.78, 5) is 76.7. The molecular formula is C54H59N11O7. The molecule has 3 aliphatic rings. The van der Waals surface area contributed by atoms with Crippen molar-refractivity contribution in [2.45, 2.75) is 83.8 Å². The van der Waals surface area contributed by atoms with E-state index in [2.05, 4.69) is 72.6 Å². The zero-order valence-corrected chi connectivity index (χ0v) is 41.1. The highest BCUT2D eigenvalue weighted by Crippen LogP contribution is 2.47. The van der Waals surface area contributed by atoms with Crippen LogP contribution in [0.5, 0.6) is 5.75 Å². The summed E-state index contributed by atoms with van der Waals surface area (Å²) in [6.45, 7) is 8.70. The Morgan fingerprint density at radius 1 is 0.681 bits per heavy atom. The van der Waals surface area contributed by atoms with Crippen LogP contribution in [0.3, 0.4) is 0 Å².